The van der Waals surface area contributed by atoms with Crippen molar-refractivity contribution in [3.63, 3.8) is 0 Å². The average molecular weight is 334 g/mol. The van der Waals surface area contributed by atoms with Gasteiger partial charge in [-0.3, -0.25) is 9.59 Å². The maximum absolute atomic E-state index is 12.2. The summed E-state index contributed by atoms with van der Waals surface area (Å²) in [5, 5.41) is 4.03. The Balaban J connectivity index is 1.52. The average Bonchev–Trinajstić information content (AvgIpc) is 2.97. The lowest BCUT2D eigenvalue weighted by Gasteiger charge is -2.07. The third-order valence-electron chi connectivity index (χ3n) is 4.33. The van der Waals surface area contributed by atoms with E-state index in [1.807, 2.05) is 50.2 Å². The predicted molar refractivity (Wildman–Crippen MR) is 99.6 cm³/mol. The van der Waals surface area contributed by atoms with Crippen LogP contribution in [0.3, 0.4) is 0 Å². The number of hydrogen-bond donors (Lipinski definition) is 2. The van der Waals surface area contributed by atoms with E-state index >= 15 is 0 Å². The molecule has 0 aliphatic rings. The molecule has 128 valence electrons. The molecule has 1 amide bonds. The summed E-state index contributed by atoms with van der Waals surface area (Å²) in [5.41, 5.74) is 4.90. The van der Waals surface area contributed by atoms with Crippen molar-refractivity contribution in [2.24, 2.45) is 0 Å². The summed E-state index contributed by atoms with van der Waals surface area (Å²) >= 11 is 0. The topological polar surface area (TPSA) is 62.0 Å². The van der Waals surface area contributed by atoms with Crippen molar-refractivity contribution in [2.45, 2.75) is 33.2 Å². The summed E-state index contributed by atoms with van der Waals surface area (Å²) in [6.07, 6.45) is 0.436. The Kier molecular flexibility index (Phi) is 4.98. The third kappa shape index (κ3) is 4.15. The van der Waals surface area contributed by atoms with Crippen molar-refractivity contribution >= 4 is 22.6 Å². The molecule has 0 bridgehead atoms. The van der Waals surface area contributed by atoms with Crippen LogP contribution in [0.2, 0.25) is 0 Å². The van der Waals surface area contributed by atoms with Gasteiger partial charge in [-0.25, -0.2) is 0 Å². The molecule has 1 aromatic heterocycles. The molecule has 0 fully saturated rings. The second kappa shape index (κ2) is 7.34. The van der Waals surface area contributed by atoms with Crippen molar-refractivity contribution in [2.75, 3.05) is 0 Å². The highest BCUT2D eigenvalue weighted by Crippen LogP contribution is 2.17. The Morgan fingerprint density at radius 3 is 2.60 bits per heavy atom. The van der Waals surface area contributed by atoms with E-state index in [-0.39, 0.29) is 24.5 Å². The number of H-pyrrole nitrogens is 1. The molecule has 0 unspecified atom stereocenters. The number of nitrogens with one attached hydrogen (secondary N) is 2. The molecule has 0 saturated heterocycles. The maximum Gasteiger partial charge on any atom is 0.220 e. The summed E-state index contributed by atoms with van der Waals surface area (Å²) in [4.78, 5) is 27.5. The number of amides is 1. The van der Waals surface area contributed by atoms with Crippen LogP contribution in [0.25, 0.3) is 10.9 Å². The van der Waals surface area contributed by atoms with Gasteiger partial charge in [0.15, 0.2) is 5.78 Å². The van der Waals surface area contributed by atoms with Crippen molar-refractivity contribution in [1.82, 2.24) is 10.3 Å². The molecule has 3 rings (SSSR count). The van der Waals surface area contributed by atoms with Gasteiger partial charge in [-0.05, 0) is 48.6 Å². The molecule has 0 spiro atoms. The predicted octanol–water partition coefficient (Wildman–Crippen LogP) is 4.06. The van der Waals surface area contributed by atoms with Crippen LogP contribution in [0.5, 0.6) is 0 Å². The van der Waals surface area contributed by atoms with E-state index in [0.29, 0.717) is 12.1 Å². The van der Waals surface area contributed by atoms with Crippen molar-refractivity contribution < 1.29 is 9.59 Å². The lowest BCUT2D eigenvalue weighted by molar-refractivity contribution is -0.121. The van der Waals surface area contributed by atoms with Gasteiger partial charge in [0.25, 0.3) is 0 Å². The summed E-state index contributed by atoms with van der Waals surface area (Å²) < 4.78 is 0. The van der Waals surface area contributed by atoms with Crippen LogP contribution >= 0.6 is 0 Å². The summed E-state index contributed by atoms with van der Waals surface area (Å²) in [7, 11) is 0. The Hall–Kier alpha value is -2.88. The van der Waals surface area contributed by atoms with E-state index in [9.17, 15) is 9.59 Å². The molecular weight excluding hydrogens is 312 g/mol. The van der Waals surface area contributed by atoms with Gasteiger partial charge >= 0.3 is 0 Å². The van der Waals surface area contributed by atoms with Gasteiger partial charge in [-0.1, -0.05) is 30.3 Å². The van der Waals surface area contributed by atoms with Crippen LogP contribution in [0.1, 0.15) is 40.0 Å². The Bertz CT molecular complexity index is 925. The molecule has 25 heavy (non-hydrogen) atoms. The highest BCUT2D eigenvalue weighted by Gasteiger charge is 2.11. The van der Waals surface area contributed by atoms with Gasteiger partial charge in [-0.15, -0.1) is 0 Å². The van der Waals surface area contributed by atoms with E-state index in [1.54, 1.807) is 0 Å². The Morgan fingerprint density at radius 2 is 1.80 bits per heavy atom. The van der Waals surface area contributed by atoms with Crippen LogP contribution in [0.4, 0.5) is 0 Å². The summed E-state index contributed by atoms with van der Waals surface area (Å²) in [6.45, 7) is 4.40. The first-order valence-electron chi connectivity index (χ1n) is 8.47. The van der Waals surface area contributed by atoms with E-state index in [1.165, 1.54) is 0 Å². The fourth-order valence-corrected chi connectivity index (χ4v) is 2.97. The largest absolute Gasteiger partial charge is 0.359 e. The highest BCUT2D eigenvalue weighted by molar-refractivity contribution is 5.99. The molecule has 0 atom stereocenters. The minimum atomic E-state index is -0.104. The first-order chi connectivity index (χ1) is 12.0. The molecule has 0 aliphatic carbocycles. The number of aromatic nitrogens is 1. The standard InChI is InChI=1S/C21H22N2O2/c1-14-5-3-4-6-18(14)20(24)9-10-21(25)22-13-16-7-8-19-17(12-16)11-15(2)23-19/h3-8,11-12,23H,9-10,13H2,1-2H3,(H,22,25). The zero-order chi connectivity index (χ0) is 17.8. The van der Waals surface area contributed by atoms with Gasteiger partial charge in [0, 0.05) is 36.2 Å². The number of fused-ring (bicyclic) bond motifs is 1. The zero-order valence-corrected chi connectivity index (χ0v) is 14.6. The third-order valence-corrected chi connectivity index (χ3v) is 4.33. The van der Waals surface area contributed by atoms with Gasteiger partial charge in [-0.2, -0.15) is 0 Å². The van der Waals surface area contributed by atoms with Gasteiger partial charge < -0.3 is 10.3 Å². The van der Waals surface area contributed by atoms with Gasteiger partial charge in [0.1, 0.15) is 0 Å². The van der Waals surface area contributed by atoms with Crippen LogP contribution in [-0.4, -0.2) is 16.7 Å². The maximum atomic E-state index is 12.2. The molecule has 1 heterocycles. The molecule has 0 radical (unpaired) electrons. The first kappa shape index (κ1) is 17.0. The smallest absolute Gasteiger partial charge is 0.220 e. The molecule has 4 nitrogen and oxygen atoms in total. The van der Waals surface area contributed by atoms with E-state index < -0.39 is 0 Å². The number of carbonyl (C=O) groups is 2. The monoisotopic (exact) mass is 334 g/mol. The lowest BCUT2D eigenvalue weighted by Crippen LogP contribution is -2.23. The van der Waals surface area contributed by atoms with E-state index in [2.05, 4.69) is 22.4 Å². The zero-order valence-electron chi connectivity index (χ0n) is 14.6. The molecule has 2 aromatic carbocycles. The van der Waals surface area contributed by atoms with E-state index in [4.69, 9.17) is 0 Å². The normalized spacial score (nSPS) is 10.8. The number of rotatable bonds is 6. The van der Waals surface area contributed by atoms with Crippen LogP contribution in [0.15, 0.2) is 48.5 Å². The second-order valence-corrected chi connectivity index (χ2v) is 6.39. The second-order valence-electron chi connectivity index (χ2n) is 6.39. The molecule has 3 aromatic rings. The van der Waals surface area contributed by atoms with Crippen molar-refractivity contribution in [3.8, 4) is 0 Å². The number of benzene rings is 2. The van der Waals surface area contributed by atoms with Crippen LogP contribution in [-0.2, 0) is 11.3 Å². The van der Waals surface area contributed by atoms with Crippen LogP contribution in [0, 0.1) is 13.8 Å². The minimum Gasteiger partial charge on any atom is -0.359 e. The van der Waals surface area contributed by atoms with Crippen molar-refractivity contribution in [3.05, 3.63) is 70.9 Å². The number of aryl methyl sites for hydroxylation is 2. The van der Waals surface area contributed by atoms with Crippen LogP contribution < -0.4 is 5.32 Å². The number of hydrogen-bond acceptors (Lipinski definition) is 2. The van der Waals surface area contributed by atoms with E-state index in [0.717, 1.165) is 27.7 Å². The fraction of sp³-hybridized carbons (Fsp3) is 0.238. The molecule has 0 saturated carbocycles. The number of Topliss-reactive ketones (excluding diaryl/α,β-unsaturated/α-hetero) is 1. The lowest BCUT2D eigenvalue weighted by atomic mass is 10.0. The van der Waals surface area contributed by atoms with Gasteiger partial charge in [0.05, 0.1) is 0 Å². The molecule has 2 N–H and O–H groups in total. The molecule has 0 aliphatic heterocycles. The Morgan fingerprint density at radius 1 is 1.00 bits per heavy atom. The highest BCUT2D eigenvalue weighted by atomic mass is 16.2. The number of aromatic amines is 1. The first-order valence-corrected chi connectivity index (χ1v) is 8.47. The minimum absolute atomic E-state index is 0.0115. The Labute approximate surface area is 147 Å². The quantitative estimate of drug-likeness (QED) is 0.668. The molecular formula is C21H22N2O2. The molecule has 4 heteroatoms. The fourth-order valence-electron chi connectivity index (χ4n) is 2.97. The van der Waals surface area contributed by atoms with Crippen molar-refractivity contribution in [1.29, 1.82) is 0 Å². The summed E-state index contributed by atoms with van der Waals surface area (Å²) in [5.74, 6) is -0.0928. The van der Waals surface area contributed by atoms with Gasteiger partial charge in [0.2, 0.25) is 5.91 Å². The SMILES string of the molecule is Cc1cc2cc(CNC(=O)CCC(=O)c3ccccc3C)ccc2[nH]1. The summed E-state index contributed by atoms with van der Waals surface area (Å²) in [6, 6.07) is 15.6. The number of ketones is 1. The number of carbonyl (C=O) groups excluding carboxylic acids is 2.